The molecule has 10 fully saturated rings. The molecule has 0 unspecified atom stereocenters. The van der Waals surface area contributed by atoms with Crippen LogP contribution in [0.4, 0.5) is 0 Å². The monoisotopic (exact) mass is 1870 g/mol. The second-order valence-corrected chi connectivity index (χ2v) is 32.6. The molecular formula is C68H114N4O53S. The Morgan fingerprint density at radius 3 is 0.968 bits per heavy atom. The summed E-state index contributed by atoms with van der Waals surface area (Å²) in [5.74, 6) is -3.89. The predicted octanol–water partition coefficient (Wildman–Crippen LogP) is -21.4. The third kappa shape index (κ3) is 23.6. The van der Waals surface area contributed by atoms with E-state index in [9.17, 15) is 165 Å². The summed E-state index contributed by atoms with van der Waals surface area (Å²) in [5.41, 5.74) is 0. The zero-order valence-corrected chi connectivity index (χ0v) is 68.1. The van der Waals surface area contributed by atoms with Crippen LogP contribution in [0.5, 0.6) is 0 Å². The van der Waals surface area contributed by atoms with E-state index in [-0.39, 0.29) is 0 Å². The number of hydrogen-bond donors (Lipinski definition) is 31. The second kappa shape index (κ2) is 44.9. The van der Waals surface area contributed by atoms with Crippen LogP contribution in [-0.4, -0.2) is 536 Å². The van der Waals surface area contributed by atoms with Crippen molar-refractivity contribution in [2.75, 3.05) is 59.5 Å². The highest BCUT2D eigenvalue weighted by Gasteiger charge is 2.62. The lowest BCUT2D eigenvalue weighted by Crippen LogP contribution is -2.71. The van der Waals surface area contributed by atoms with Gasteiger partial charge in [-0.25, -0.2) is 4.18 Å². The molecule has 730 valence electrons. The van der Waals surface area contributed by atoms with Crippen molar-refractivity contribution in [3.8, 4) is 0 Å². The van der Waals surface area contributed by atoms with Gasteiger partial charge in [0, 0.05) is 27.7 Å². The second-order valence-electron chi connectivity index (χ2n) is 31.5. The molecule has 4 amide bonds. The number of aliphatic hydroxyl groups is 26. The van der Waals surface area contributed by atoms with Gasteiger partial charge in [0.2, 0.25) is 23.6 Å². The van der Waals surface area contributed by atoms with E-state index in [4.69, 9.17) is 90.0 Å². The van der Waals surface area contributed by atoms with Crippen LogP contribution in [0.25, 0.3) is 0 Å². The molecule has 0 aromatic rings. The molecule has 0 aliphatic carbocycles. The summed E-state index contributed by atoms with van der Waals surface area (Å²) in [4.78, 5) is 51.4. The summed E-state index contributed by atoms with van der Waals surface area (Å²) < 4.78 is 150. The van der Waals surface area contributed by atoms with Crippen LogP contribution < -0.4 is 21.3 Å². The van der Waals surface area contributed by atoms with Gasteiger partial charge in [0.05, 0.1) is 65.6 Å². The standard InChI is InChI=1S/C68H114N4O53S/c1-15-33(83)43(93)47(97)63(109-15)108-14-28-54(39(89)29(59(102)110-28)69-16(2)79)120-60-30(70-17(3)80)41(91)53(24(10-77)114-60)121-67-51(101)57(38(88)27(118-67)13-107-65-50(100)56(122-66-49(99)45(95)35(85)21(7-74)112-66)37(87)26(117-65)12-106-64-48(98)44(94)34(84)20(6-73)111-64)123-68-58(46(96)36(86)22(8-75)113-68)124-62-31(71-18(4)81)40(90)52(23(9-76)115-62)119-61-32(72-19(5)82)42(92)55(25(11-78)116-61)125-126(103,104)105/h15,20-68,73-78,83-102H,6-14H2,1-5H3,(H,69,79)(H,70,80)(H,71,81)(H,72,82)(H,103,104,105)/t15-,20+,21+,22+,23+,24+,25+,26+,27+,28+,29+,30+,31+,32+,33+,34+,35+,36+,37+,38+,39+,40+,41+,42+,43+,44-,45-,46-,47-,48-,49-,50-,51-,52+,53+,54+,55-,56-,57-,58-,59+,60-,61-,62-,63+,64-,65-,66+,67-,68+/m0/s1. The minimum atomic E-state index is -5.45. The van der Waals surface area contributed by atoms with Gasteiger partial charge in [-0.3, -0.25) is 23.7 Å². The lowest BCUT2D eigenvalue weighted by molar-refractivity contribution is -0.398. The van der Waals surface area contributed by atoms with Gasteiger partial charge in [-0.15, -0.1) is 0 Å². The summed E-state index contributed by atoms with van der Waals surface area (Å²) in [7, 11) is -5.45. The Morgan fingerprint density at radius 2 is 0.540 bits per heavy atom. The maximum absolute atomic E-state index is 13.3. The van der Waals surface area contributed by atoms with Crippen molar-refractivity contribution < 1.29 is 259 Å². The first-order valence-electron chi connectivity index (χ1n) is 39.7. The van der Waals surface area contributed by atoms with Gasteiger partial charge in [-0.1, -0.05) is 0 Å². The Morgan fingerprint density at radius 1 is 0.262 bits per heavy atom. The minimum absolute atomic E-state index is 0.860. The lowest BCUT2D eigenvalue weighted by Gasteiger charge is -2.51. The molecule has 0 aromatic heterocycles. The highest BCUT2D eigenvalue weighted by Crippen LogP contribution is 2.41. The summed E-state index contributed by atoms with van der Waals surface area (Å²) >= 11 is 0. The zero-order valence-electron chi connectivity index (χ0n) is 67.3. The maximum atomic E-state index is 13.3. The molecule has 50 atom stereocenters. The van der Waals surface area contributed by atoms with E-state index in [1.807, 2.05) is 0 Å². The number of rotatable bonds is 33. The molecule has 10 aliphatic rings. The largest absolute Gasteiger partial charge is 0.397 e. The van der Waals surface area contributed by atoms with E-state index in [2.05, 4.69) is 25.5 Å². The van der Waals surface area contributed by atoms with E-state index >= 15 is 0 Å². The maximum Gasteiger partial charge on any atom is 0.397 e. The van der Waals surface area contributed by atoms with Gasteiger partial charge in [0.1, 0.15) is 238 Å². The normalized spacial score (nSPS) is 48.6. The first kappa shape index (κ1) is 104. The van der Waals surface area contributed by atoms with E-state index in [0.29, 0.717) is 0 Å². The average Bonchev–Trinajstić information content (AvgIpc) is 0.770. The Bertz CT molecular complexity index is 3570. The van der Waals surface area contributed by atoms with Crippen LogP contribution >= 0.6 is 0 Å². The molecule has 0 spiro atoms. The van der Waals surface area contributed by atoms with Crippen LogP contribution in [0.3, 0.4) is 0 Å². The Kier molecular flexibility index (Phi) is 37.0. The van der Waals surface area contributed by atoms with Crippen LogP contribution in [0.2, 0.25) is 0 Å². The molecule has 0 aromatic carbocycles. The van der Waals surface area contributed by atoms with E-state index < -0.39 is 400 Å². The zero-order chi connectivity index (χ0) is 93.0. The number of ether oxygens (including phenoxy) is 19. The topological polar surface area (TPSA) is 881 Å². The highest BCUT2D eigenvalue weighted by molar-refractivity contribution is 7.80. The molecule has 0 radical (unpaired) electrons. The Labute approximate surface area is 713 Å². The van der Waals surface area contributed by atoms with Crippen molar-refractivity contribution in [2.45, 2.75) is 341 Å². The van der Waals surface area contributed by atoms with Gasteiger partial charge in [-0.05, 0) is 6.92 Å². The minimum Gasteiger partial charge on any atom is -0.394 e. The van der Waals surface area contributed by atoms with Crippen LogP contribution in [0.1, 0.15) is 34.6 Å². The van der Waals surface area contributed by atoms with Gasteiger partial charge >= 0.3 is 10.4 Å². The van der Waals surface area contributed by atoms with Crippen molar-refractivity contribution in [3.05, 3.63) is 0 Å². The third-order valence-electron chi connectivity index (χ3n) is 22.6. The van der Waals surface area contributed by atoms with Crippen molar-refractivity contribution in [1.82, 2.24) is 21.3 Å². The number of carbonyl (C=O) groups is 4. The molecule has 57 nitrogen and oxygen atoms in total. The number of amides is 4. The molecule has 10 heterocycles. The SMILES string of the molecule is CC(=O)N[C@@H]1[C@@H](O)[C@H](O[C@@H]2O[C@H](CO)[C@@H](O[C@@H]3O[C@H](CO[C@H]4O[C@H](CO[C@H]5O[C@H](CO)[C@@H](O)[C@H](O)[C@@H]5O)[C@@H](O)[C@H](O[C@H]5O[C@H](CO)[C@@H](O)[C@H](O)[C@@H]5O)[C@@H]4O)[C@@H](O)[C@H](O[C@H]4O[C@H](CO)[C@@H](O)[C@H](O)[C@@H]4O[C@@H]4O[C@H](CO)[C@@H](O[C@@H]5O[C@H](CO)[C@H](OS(=O)(=O)O)[C@H](O)[C@H]5NC(C)=O)[C@H](O)[C@H]4NC(C)=O)[C@@H]3O)[C@H](O)[C@H]2NC(C)=O)[C@@H](CO[C@@H]2O[C@@H](C)[C@@H](O)[C@@H](O)[C@@H]2O)O[C@H]1O. The van der Waals surface area contributed by atoms with E-state index in [0.717, 1.165) is 27.7 Å². The van der Waals surface area contributed by atoms with Gasteiger partial charge in [0.15, 0.2) is 62.9 Å². The molecule has 58 heteroatoms. The molecule has 126 heavy (non-hydrogen) atoms. The summed E-state index contributed by atoms with van der Waals surface area (Å²) in [6.07, 6.45) is -98.1. The average molecular weight is 1870 g/mol. The van der Waals surface area contributed by atoms with Gasteiger partial charge in [0.25, 0.3) is 0 Å². The Hall–Kier alpha value is -4.05. The number of nitrogens with one attached hydrogen (secondary N) is 4. The summed E-state index contributed by atoms with van der Waals surface area (Å²) in [5, 5.41) is 301. The Balaban J connectivity index is 0.993. The first-order chi connectivity index (χ1) is 59.3. The van der Waals surface area contributed by atoms with Crippen molar-refractivity contribution in [3.63, 3.8) is 0 Å². The molecule has 10 saturated heterocycles. The molecular weight excluding hydrogens is 1750 g/mol. The number of aliphatic hydroxyl groups excluding tert-OH is 26. The number of carbonyl (C=O) groups excluding carboxylic acids is 4. The first-order valence-corrected chi connectivity index (χ1v) is 41.0. The molecule has 0 bridgehead atoms. The van der Waals surface area contributed by atoms with Crippen molar-refractivity contribution >= 4 is 34.0 Å². The quantitative estimate of drug-likeness (QED) is 0.0271. The number of hydrogen-bond acceptors (Lipinski definition) is 52. The van der Waals surface area contributed by atoms with E-state index in [1.54, 1.807) is 0 Å². The lowest BCUT2D eigenvalue weighted by atomic mass is 9.93. The smallest absolute Gasteiger partial charge is 0.394 e. The van der Waals surface area contributed by atoms with Gasteiger partial charge < -0.3 is 244 Å². The van der Waals surface area contributed by atoms with Crippen molar-refractivity contribution in [1.29, 1.82) is 0 Å². The third-order valence-corrected chi connectivity index (χ3v) is 23.1. The van der Waals surface area contributed by atoms with Crippen LogP contribution in [0.15, 0.2) is 0 Å². The predicted molar refractivity (Wildman–Crippen MR) is 385 cm³/mol. The van der Waals surface area contributed by atoms with Gasteiger partial charge in [-0.2, -0.15) is 8.42 Å². The summed E-state index contributed by atoms with van der Waals surface area (Å²) in [6.45, 7) is -5.28. The van der Waals surface area contributed by atoms with Crippen molar-refractivity contribution in [2.24, 2.45) is 0 Å². The highest BCUT2D eigenvalue weighted by atomic mass is 32.3. The van der Waals surface area contributed by atoms with E-state index in [1.165, 1.54) is 6.92 Å². The fraction of sp³-hybridized carbons (Fsp3) is 0.941. The van der Waals surface area contributed by atoms with Crippen LogP contribution in [-0.2, 0) is 124 Å². The fourth-order valence-corrected chi connectivity index (χ4v) is 16.5. The van der Waals surface area contributed by atoms with Crippen LogP contribution in [0, 0.1) is 0 Å². The molecule has 0 saturated carbocycles. The molecule has 31 N–H and O–H groups in total. The molecule has 10 rings (SSSR count). The molecule has 10 aliphatic heterocycles. The fourth-order valence-electron chi connectivity index (χ4n) is 15.9. The summed E-state index contributed by atoms with van der Waals surface area (Å²) in [6, 6.07) is -7.88.